The van der Waals surface area contributed by atoms with Crippen molar-refractivity contribution >= 4 is 17.4 Å². The molecule has 2 heterocycles. The Morgan fingerprint density at radius 3 is 2.50 bits per heavy atom. The lowest BCUT2D eigenvalue weighted by molar-refractivity contribution is -0.384. The zero-order chi connectivity index (χ0) is 23.5. The van der Waals surface area contributed by atoms with Gasteiger partial charge in [-0.25, -0.2) is 4.98 Å². The van der Waals surface area contributed by atoms with Gasteiger partial charge in [0.05, 0.1) is 18.1 Å². The zero-order valence-electron chi connectivity index (χ0n) is 20.0. The Hall–Kier alpha value is -2.26. The first kappa shape index (κ1) is 26.0. The minimum Gasteiger partial charge on any atom is -0.379 e. The lowest BCUT2D eigenvalue weighted by atomic mass is 10.0. The quantitative estimate of drug-likeness (QED) is 0.269. The fourth-order valence-corrected chi connectivity index (χ4v) is 3.54. The summed E-state index contributed by atoms with van der Waals surface area (Å²) in [6, 6.07) is 1.52. The van der Waals surface area contributed by atoms with Crippen molar-refractivity contribution in [2.45, 2.75) is 53.4 Å². The third-order valence-corrected chi connectivity index (χ3v) is 5.54. The smallest absolute Gasteiger partial charge is 0.311 e. The van der Waals surface area contributed by atoms with Gasteiger partial charge in [-0.3, -0.25) is 19.8 Å². The molecule has 1 aliphatic heterocycles. The first-order valence-electron chi connectivity index (χ1n) is 11.8. The van der Waals surface area contributed by atoms with Crippen LogP contribution in [0.3, 0.4) is 0 Å². The van der Waals surface area contributed by atoms with Crippen molar-refractivity contribution in [2.24, 2.45) is 11.8 Å². The summed E-state index contributed by atoms with van der Waals surface area (Å²) in [4.78, 5) is 30.9. The predicted octanol–water partition coefficient (Wildman–Crippen LogP) is 3.49. The average molecular weight is 450 g/mol. The lowest BCUT2D eigenvalue weighted by Crippen LogP contribution is -2.37. The molecule has 0 spiro atoms. The van der Waals surface area contributed by atoms with Crippen LogP contribution in [-0.4, -0.2) is 66.7 Å². The number of rotatable bonds is 13. The van der Waals surface area contributed by atoms with Gasteiger partial charge < -0.3 is 15.4 Å². The molecule has 2 rings (SSSR count). The Labute approximate surface area is 191 Å². The predicted molar refractivity (Wildman–Crippen MR) is 126 cm³/mol. The molecule has 180 valence electrons. The molecule has 1 aromatic heterocycles. The number of ether oxygens (including phenoxy) is 1. The molecule has 0 aromatic carbocycles. The Morgan fingerprint density at radius 1 is 1.19 bits per heavy atom. The van der Waals surface area contributed by atoms with Crippen molar-refractivity contribution in [2.75, 3.05) is 51.3 Å². The monoisotopic (exact) mass is 449 g/mol. The van der Waals surface area contributed by atoms with E-state index in [0.717, 1.165) is 52.1 Å². The molecule has 0 unspecified atom stereocenters. The number of aromatic nitrogens is 1. The van der Waals surface area contributed by atoms with Crippen LogP contribution in [-0.2, 0) is 11.2 Å². The van der Waals surface area contributed by atoms with Crippen molar-refractivity contribution in [3.8, 4) is 0 Å². The molecule has 0 aliphatic carbocycles. The summed E-state index contributed by atoms with van der Waals surface area (Å²) in [5.41, 5.74) is 0.843. The summed E-state index contributed by atoms with van der Waals surface area (Å²) in [6.07, 6.45) is 3.10. The number of hydrogen-bond acceptors (Lipinski definition) is 7. The van der Waals surface area contributed by atoms with Gasteiger partial charge in [0.2, 0.25) is 5.82 Å². The van der Waals surface area contributed by atoms with Gasteiger partial charge in [0.15, 0.2) is 0 Å². The van der Waals surface area contributed by atoms with Crippen LogP contribution in [0.25, 0.3) is 0 Å². The minimum atomic E-state index is -0.420. The van der Waals surface area contributed by atoms with E-state index >= 15 is 0 Å². The highest BCUT2D eigenvalue weighted by atomic mass is 16.6. The molecule has 1 aliphatic rings. The maximum Gasteiger partial charge on any atom is 0.311 e. The van der Waals surface area contributed by atoms with E-state index in [1.807, 2.05) is 0 Å². The van der Waals surface area contributed by atoms with Gasteiger partial charge in [0.25, 0.3) is 5.91 Å². The van der Waals surface area contributed by atoms with Crippen molar-refractivity contribution in [3.63, 3.8) is 0 Å². The molecule has 1 amide bonds. The molecule has 1 saturated heterocycles. The van der Waals surface area contributed by atoms with E-state index in [-0.39, 0.29) is 23.1 Å². The van der Waals surface area contributed by atoms with Crippen LogP contribution < -0.4 is 10.6 Å². The third-order valence-electron chi connectivity index (χ3n) is 5.54. The molecule has 1 aromatic rings. The number of hydrogen-bond donors (Lipinski definition) is 2. The highest BCUT2D eigenvalue weighted by molar-refractivity contribution is 5.94. The van der Waals surface area contributed by atoms with Gasteiger partial charge in [-0.05, 0) is 49.6 Å². The standard InChI is InChI=1S/C23H39N5O4/c1-17(2)6-7-19-16-20(28(30)31)22(24-9-5-11-27-12-14-32-15-13-27)26-21(19)23(29)25-10-8-18(3)4/h16-18H,5-15H2,1-4H3,(H,24,26)(H,25,29). The number of amides is 1. The molecule has 1 fully saturated rings. The van der Waals surface area contributed by atoms with Crippen LogP contribution in [0.2, 0.25) is 0 Å². The van der Waals surface area contributed by atoms with E-state index in [1.54, 1.807) is 0 Å². The first-order chi connectivity index (χ1) is 15.3. The van der Waals surface area contributed by atoms with Gasteiger partial charge in [0, 0.05) is 32.2 Å². The molecule has 0 radical (unpaired) electrons. The summed E-state index contributed by atoms with van der Waals surface area (Å²) in [5, 5.41) is 17.8. The fourth-order valence-electron chi connectivity index (χ4n) is 3.54. The van der Waals surface area contributed by atoms with E-state index in [9.17, 15) is 14.9 Å². The van der Waals surface area contributed by atoms with Gasteiger partial charge in [-0.2, -0.15) is 0 Å². The summed E-state index contributed by atoms with van der Waals surface area (Å²) in [6.45, 7) is 13.7. The molecular formula is C23H39N5O4. The van der Waals surface area contributed by atoms with Gasteiger partial charge in [-0.1, -0.05) is 27.7 Å². The van der Waals surface area contributed by atoms with Gasteiger partial charge in [0.1, 0.15) is 5.69 Å². The normalized spacial score (nSPS) is 14.7. The number of morpholine rings is 1. The van der Waals surface area contributed by atoms with E-state index < -0.39 is 4.92 Å². The van der Waals surface area contributed by atoms with Crippen molar-refractivity contribution in [1.29, 1.82) is 0 Å². The van der Waals surface area contributed by atoms with Crippen molar-refractivity contribution in [3.05, 3.63) is 27.4 Å². The molecular weight excluding hydrogens is 410 g/mol. The molecule has 0 bridgehead atoms. The van der Waals surface area contributed by atoms with Gasteiger partial charge >= 0.3 is 5.69 Å². The number of nitrogens with one attached hydrogen (secondary N) is 2. The summed E-state index contributed by atoms with van der Waals surface area (Å²) >= 11 is 0. The topological polar surface area (TPSA) is 110 Å². The summed E-state index contributed by atoms with van der Waals surface area (Å²) in [7, 11) is 0. The van der Waals surface area contributed by atoms with Crippen molar-refractivity contribution < 1.29 is 14.5 Å². The zero-order valence-corrected chi connectivity index (χ0v) is 20.0. The molecule has 2 N–H and O–H groups in total. The number of anilines is 1. The van der Waals surface area contributed by atoms with Gasteiger partial charge in [-0.15, -0.1) is 0 Å². The molecule has 0 atom stereocenters. The number of pyridine rings is 1. The lowest BCUT2D eigenvalue weighted by Gasteiger charge is -2.26. The Bertz CT molecular complexity index is 748. The van der Waals surface area contributed by atoms with Crippen LogP contribution in [0.4, 0.5) is 11.5 Å². The van der Waals surface area contributed by atoms with Crippen LogP contribution in [0, 0.1) is 22.0 Å². The number of aryl methyl sites for hydroxylation is 1. The second-order valence-corrected chi connectivity index (χ2v) is 9.23. The van der Waals surface area contributed by atoms with Crippen LogP contribution in [0.1, 0.15) is 63.0 Å². The minimum absolute atomic E-state index is 0.0751. The molecule has 32 heavy (non-hydrogen) atoms. The molecule has 9 nitrogen and oxygen atoms in total. The third kappa shape index (κ3) is 8.70. The SMILES string of the molecule is CC(C)CCNC(=O)c1nc(NCCCN2CCOCC2)c([N+](=O)[O-])cc1CCC(C)C. The molecule has 0 saturated carbocycles. The summed E-state index contributed by atoms with van der Waals surface area (Å²) in [5.74, 6) is 0.795. The number of nitrogens with zero attached hydrogens (tertiary/aromatic N) is 3. The van der Waals surface area contributed by atoms with E-state index in [1.165, 1.54) is 6.07 Å². The Balaban J connectivity index is 2.14. The second-order valence-electron chi connectivity index (χ2n) is 9.23. The highest BCUT2D eigenvalue weighted by Gasteiger charge is 2.23. The summed E-state index contributed by atoms with van der Waals surface area (Å²) < 4.78 is 5.36. The number of carbonyl (C=O) groups is 1. The average Bonchev–Trinajstić information content (AvgIpc) is 2.75. The largest absolute Gasteiger partial charge is 0.379 e. The second kappa shape index (κ2) is 13.3. The number of nitro groups is 1. The van der Waals surface area contributed by atoms with Crippen LogP contribution in [0.15, 0.2) is 6.07 Å². The Morgan fingerprint density at radius 2 is 1.88 bits per heavy atom. The molecule has 9 heteroatoms. The van der Waals surface area contributed by atoms with Crippen LogP contribution in [0.5, 0.6) is 0 Å². The fraction of sp³-hybridized carbons (Fsp3) is 0.739. The van der Waals surface area contributed by atoms with Crippen molar-refractivity contribution in [1.82, 2.24) is 15.2 Å². The first-order valence-corrected chi connectivity index (χ1v) is 11.8. The van der Waals surface area contributed by atoms with E-state index in [2.05, 4.69) is 48.2 Å². The maximum atomic E-state index is 12.9. The van der Waals surface area contributed by atoms with E-state index in [0.29, 0.717) is 36.9 Å². The highest BCUT2D eigenvalue weighted by Crippen LogP contribution is 2.27. The maximum absolute atomic E-state index is 12.9. The van der Waals surface area contributed by atoms with Crippen LogP contribution >= 0.6 is 0 Å². The Kier molecular flexibility index (Phi) is 10.8. The number of carbonyl (C=O) groups excluding carboxylic acids is 1. The van der Waals surface area contributed by atoms with E-state index in [4.69, 9.17) is 4.74 Å².